The zero-order valence-electron chi connectivity index (χ0n) is 8.42. The second-order valence-corrected chi connectivity index (χ2v) is 4.37. The van der Waals surface area contributed by atoms with Crippen molar-refractivity contribution in [3.8, 4) is 5.75 Å². The number of hydrogen-bond acceptors (Lipinski definition) is 2. The molecule has 2 bridgehead atoms. The van der Waals surface area contributed by atoms with Gasteiger partial charge in [0.1, 0.15) is 5.75 Å². The van der Waals surface area contributed by atoms with Gasteiger partial charge in [0.15, 0.2) is 0 Å². The van der Waals surface area contributed by atoms with E-state index in [0.29, 0.717) is 0 Å². The maximum Gasteiger partial charge on any atom is 0.123 e. The molecule has 4 rings (SSSR count). The van der Waals surface area contributed by atoms with Crippen molar-refractivity contribution in [2.24, 2.45) is 0 Å². The Hall–Kier alpha value is -1.02. The molecule has 3 fully saturated rings. The predicted octanol–water partition coefficient (Wildman–Crippen LogP) is 2.05. The molecule has 2 aliphatic heterocycles. The molecule has 3 aliphatic rings. The summed E-state index contributed by atoms with van der Waals surface area (Å²) in [5.74, 6) is 1.03. The lowest BCUT2D eigenvalue weighted by Gasteiger charge is -2.41. The molecule has 0 spiro atoms. The van der Waals surface area contributed by atoms with Gasteiger partial charge in [0, 0.05) is 17.1 Å². The summed E-state index contributed by atoms with van der Waals surface area (Å²) in [4.78, 5) is 0. The Bertz CT molecular complexity index is 350. The summed E-state index contributed by atoms with van der Waals surface area (Å²) < 4.78 is 5.41. The Morgan fingerprint density at radius 2 is 2.21 bits per heavy atom. The third kappa shape index (κ3) is 0.947. The van der Waals surface area contributed by atoms with Gasteiger partial charge in [-0.05, 0) is 25.3 Å². The number of nitrogens with one attached hydrogen (secondary N) is 1. The quantitative estimate of drug-likeness (QED) is 0.768. The van der Waals surface area contributed by atoms with Crippen molar-refractivity contribution in [2.45, 2.75) is 30.8 Å². The fourth-order valence-electron chi connectivity index (χ4n) is 2.92. The van der Waals surface area contributed by atoms with Crippen LogP contribution in [0.1, 0.15) is 24.8 Å². The fraction of sp³-hybridized carbons (Fsp3) is 0.500. The van der Waals surface area contributed by atoms with Crippen molar-refractivity contribution in [3.63, 3.8) is 0 Å². The Balaban J connectivity index is 2.03. The molecule has 1 saturated carbocycles. The standard InChI is InChI=1S/C12H15NO/c1-14-11-5-3-2-4-10(11)12-7-6-9(8-12)13-12/h2-5,9,13H,6-8H2,1H3. The van der Waals surface area contributed by atoms with Crippen molar-refractivity contribution >= 4 is 0 Å². The second-order valence-electron chi connectivity index (χ2n) is 4.37. The molecule has 2 saturated heterocycles. The van der Waals surface area contributed by atoms with E-state index in [0.717, 1.165) is 11.8 Å². The Kier molecular flexibility index (Phi) is 1.62. The molecule has 1 aromatic carbocycles. The zero-order chi connectivity index (χ0) is 9.60. The van der Waals surface area contributed by atoms with Crippen LogP contribution in [-0.4, -0.2) is 13.2 Å². The molecule has 0 amide bonds. The average molecular weight is 189 g/mol. The monoisotopic (exact) mass is 189 g/mol. The van der Waals surface area contributed by atoms with E-state index in [-0.39, 0.29) is 5.54 Å². The van der Waals surface area contributed by atoms with Crippen molar-refractivity contribution < 1.29 is 4.74 Å². The van der Waals surface area contributed by atoms with Crippen LogP contribution >= 0.6 is 0 Å². The lowest BCUT2D eigenvalue weighted by molar-refractivity contribution is 0.218. The number of ether oxygens (including phenoxy) is 1. The first-order valence-electron chi connectivity index (χ1n) is 5.25. The van der Waals surface area contributed by atoms with Gasteiger partial charge in [-0.15, -0.1) is 0 Å². The summed E-state index contributed by atoms with van der Waals surface area (Å²) in [6.07, 6.45) is 3.86. The first kappa shape index (κ1) is 8.30. The van der Waals surface area contributed by atoms with Crippen LogP contribution in [0.2, 0.25) is 0 Å². The van der Waals surface area contributed by atoms with E-state index in [1.165, 1.54) is 24.8 Å². The number of para-hydroxylation sites is 1. The third-order valence-electron chi connectivity index (χ3n) is 3.62. The van der Waals surface area contributed by atoms with E-state index in [4.69, 9.17) is 4.74 Å². The second kappa shape index (κ2) is 2.74. The molecule has 2 heteroatoms. The topological polar surface area (TPSA) is 21.3 Å². The Morgan fingerprint density at radius 1 is 1.43 bits per heavy atom. The molecule has 74 valence electrons. The molecular formula is C12H15NO. The van der Waals surface area contributed by atoms with Gasteiger partial charge in [-0.2, -0.15) is 0 Å². The number of methoxy groups -OCH3 is 1. The van der Waals surface area contributed by atoms with Gasteiger partial charge in [0.25, 0.3) is 0 Å². The van der Waals surface area contributed by atoms with Crippen molar-refractivity contribution in [1.29, 1.82) is 0 Å². The minimum atomic E-state index is 0.247. The van der Waals surface area contributed by atoms with Gasteiger partial charge < -0.3 is 10.1 Å². The third-order valence-corrected chi connectivity index (χ3v) is 3.62. The summed E-state index contributed by atoms with van der Waals surface area (Å²) in [6, 6.07) is 9.13. The van der Waals surface area contributed by atoms with Gasteiger partial charge >= 0.3 is 0 Å². The van der Waals surface area contributed by atoms with Crippen LogP contribution in [0.5, 0.6) is 5.75 Å². The molecule has 0 radical (unpaired) electrons. The average Bonchev–Trinajstić information content (AvgIpc) is 2.76. The number of benzene rings is 1. The first-order valence-corrected chi connectivity index (χ1v) is 5.25. The molecule has 1 aromatic rings. The number of hydrogen-bond donors (Lipinski definition) is 1. The van der Waals surface area contributed by atoms with Crippen LogP contribution in [-0.2, 0) is 5.54 Å². The largest absolute Gasteiger partial charge is 0.496 e. The fourth-order valence-corrected chi connectivity index (χ4v) is 2.92. The van der Waals surface area contributed by atoms with E-state index in [9.17, 15) is 0 Å². The molecule has 0 aromatic heterocycles. The lowest BCUT2D eigenvalue weighted by Crippen LogP contribution is -2.53. The van der Waals surface area contributed by atoms with Gasteiger partial charge in [-0.25, -0.2) is 0 Å². The minimum absolute atomic E-state index is 0.247. The summed E-state index contributed by atoms with van der Waals surface area (Å²) in [5.41, 5.74) is 1.59. The molecule has 2 nitrogen and oxygen atoms in total. The first-order chi connectivity index (χ1) is 6.84. The summed E-state index contributed by atoms with van der Waals surface area (Å²) in [7, 11) is 1.75. The van der Waals surface area contributed by atoms with Crippen molar-refractivity contribution in [1.82, 2.24) is 5.32 Å². The van der Waals surface area contributed by atoms with Crippen LogP contribution < -0.4 is 10.1 Å². The van der Waals surface area contributed by atoms with Gasteiger partial charge in [-0.3, -0.25) is 0 Å². The Labute approximate surface area is 84.3 Å². The minimum Gasteiger partial charge on any atom is -0.496 e. The lowest BCUT2D eigenvalue weighted by atomic mass is 9.82. The smallest absolute Gasteiger partial charge is 0.123 e. The molecule has 2 atom stereocenters. The Morgan fingerprint density at radius 3 is 2.86 bits per heavy atom. The SMILES string of the molecule is COc1ccccc1C12CCC(C1)N2. The highest BCUT2D eigenvalue weighted by molar-refractivity contribution is 5.42. The molecule has 14 heavy (non-hydrogen) atoms. The molecular weight excluding hydrogens is 174 g/mol. The summed E-state index contributed by atoms with van der Waals surface area (Å²) in [5, 5.41) is 3.64. The summed E-state index contributed by atoms with van der Waals surface area (Å²) >= 11 is 0. The van der Waals surface area contributed by atoms with Crippen LogP contribution in [0.25, 0.3) is 0 Å². The van der Waals surface area contributed by atoms with Crippen LogP contribution in [0.4, 0.5) is 0 Å². The van der Waals surface area contributed by atoms with Gasteiger partial charge in [0.05, 0.1) is 7.11 Å². The molecule has 2 heterocycles. The maximum atomic E-state index is 5.41. The highest BCUT2D eigenvalue weighted by atomic mass is 16.5. The van der Waals surface area contributed by atoms with E-state index in [2.05, 4.69) is 23.5 Å². The van der Waals surface area contributed by atoms with Crippen LogP contribution in [0.15, 0.2) is 24.3 Å². The molecule has 2 unspecified atom stereocenters. The summed E-state index contributed by atoms with van der Waals surface area (Å²) in [6.45, 7) is 0. The highest BCUT2D eigenvalue weighted by Crippen LogP contribution is 2.50. The van der Waals surface area contributed by atoms with E-state index >= 15 is 0 Å². The zero-order valence-corrected chi connectivity index (χ0v) is 8.42. The van der Waals surface area contributed by atoms with Crippen molar-refractivity contribution in [2.75, 3.05) is 7.11 Å². The molecule has 1 aliphatic carbocycles. The predicted molar refractivity (Wildman–Crippen MR) is 55.4 cm³/mol. The van der Waals surface area contributed by atoms with Gasteiger partial charge in [-0.1, -0.05) is 18.2 Å². The highest BCUT2D eigenvalue weighted by Gasteiger charge is 2.51. The van der Waals surface area contributed by atoms with E-state index < -0.39 is 0 Å². The number of rotatable bonds is 2. The van der Waals surface area contributed by atoms with E-state index in [1.807, 2.05) is 6.07 Å². The van der Waals surface area contributed by atoms with Crippen LogP contribution in [0.3, 0.4) is 0 Å². The van der Waals surface area contributed by atoms with Crippen LogP contribution in [0, 0.1) is 0 Å². The molecule has 1 N–H and O–H groups in total. The van der Waals surface area contributed by atoms with Gasteiger partial charge in [0.2, 0.25) is 0 Å². The van der Waals surface area contributed by atoms with E-state index in [1.54, 1.807) is 7.11 Å². The van der Waals surface area contributed by atoms with Crippen molar-refractivity contribution in [3.05, 3.63) is 29.8 Å². The normalized spacial score (nSPS) is 33.9. The maximum absolute atomic E-state index is 5.41. The number of fused-ring (bicyclic) bond motifs is 1.